The van der Waals surface area contributed by atoms with Crippen LogP contribution in [0.1, 0.15) is 121 Å². The van der Waals surface area contributed by atoms with Crippen molar-refractivity contribution in [2.75, 3.05) is 41.6 Å². The molecule has 3 aromatic carbocycles. The molecule has 3 aliphatic rings. The number of sulfone groups is 1. The van der Waals surface area contributed by atoms with Gasteiger partial charge in [0, 0.05) is 36.1 Å². The number of aromatic nitrogens is 3. The molecule has 1 aliphatic carbocycles. The van der Waals surface area contributed by atoms with E-state index in [4.69, 9.17) is 14.5 Å². The second-order valence-corrected chi connectivity index (χ2v) is 19.3. The molecule has 62 heavy (non-hydrogen) atoms. The highest BCUT2D eigenvalue weighted by atomic mass is 32.2. The van der Waals surface area contributed by atoms with E-state index in [1.165, 1.54) is 62.4 Å². The summed E-state index contributed by atoms with van der Waals surface area (Å²) in [6, 6.07) is 25.2. The molecular formula is C49H64N6O6S. The standard InChI is InChI=1S/C49H64N6O6S/c1-2-3-4-5-6-7-8-9-10-17-25-44(61-36-60-42-28-26-41(27-29-42)54-30-32-62(58,59)33-31-54)50-40-24-18-21-38(34-40)46-52-47-45(48(56)51-39-22-15-12-16-23-39)43(35-55(47)49(57)53-46)37-19-13-11-14-20-37/h11,13-14,18-21,24,26-29,34,39,44,50H,2-10,12,15-17,22-23,25,30-33,35-36H2,1H3,(H,51,56). The van der Waals surface area contributed by atoms with Gasteiger partial charge in [0.15, 0.2) is 28.3 Å². The van der Waals surface area contributed by atoms with Crippen LogP contribution in [0.3, 0.4) is 0 Å². The SMILES string of the molecule is CCCCCCCCCCCCC(Nc1cccc(-c2nc3n(c(=O)n2)CC(c2ccccc2)=C3C(=O)NC2CCCCC2)c1)OCOc1ccc(N2CCS(=O)(=O)CC2)cc1. The first-order valence-corrected chi connectivity index (χ1v) is 24.8. The van der Waals surface area contributed by atoms with Gasteiger partial charge in [-0.3, -0.25) is 9.36 Å². The normalized spacial score (nSPS) is 16.8. The third kappa shape index (κ3) is 12.6. The molecule has 4 aromatic rings. The fourth-order valence-corrected chi connectivity index (χ4v) is 9.94. The number of hydrogen-bond acceptors (Lipinski definition) is 10. The topological polar surface area (TPSA) is 145 Å². The van der Waals surface area contributed by atoms with Gasteiger partial charge >= 0.3 is 5.69 Å². The maximum atomic E-state index is 14.1. The van der Waals surface area contributed by atoms with Gasteiger partial charge in [-0.05, 0) is 73.2 Å². The molecule has 1 saturated carbocycles. The zero-order chi connectivity index (χ0) is 43.2. The van der Waals surface area contributed by atoms with Crippen LogP contribution in [0.2, 0.25) is 0 Å². The number of anilines is 2. The minimum Gasteiger partial charge on any atom is -0.467 e. The van der Waals surface area contributed by atoms with Crippen LogP contribution in [0, 0.1) is 0 Å². The molecule has 0 spiro atoms. The van der Waals surface area contributed by atoms with Crippen LogP contribution in [-0.2, 0) is 25.9 Å². The van der Waals surface area contributed by atoms with Crippen molar-refractivity contribution in [3.05, 3.63) is 101 Å². The number of ether oxygens (including phenoxy) is 2. The number of carbonyl (C=O) groups is 1. The lowest BCUT2D eigenvalue weighted by molar-refractivity contribution is -0.116. The minimum atomic E-state index is -2.96. The lowest BCUT2D eigenvalue weighted by Crippen LogP contribution is -2.40. The molecule has 2 N–H and O–H groups in total. The van der Waals surface area contributed by atoms with Gasteiger partial charge in [-0.15, -0.1) is 0 Å². The van der Waals surface area contributed by atoms with E-state index < -0.39 is 15.5 Å². The summed E-state index contributed by atoms with van der Waals surface area (Å²) in [6.07, 6.45) is 18.0. The number of allylic oxidation sites excluding steroid dienone is 1. The molecule has 1 unspecified atom stereocenters. The van der Waals surface area contributed by atoms with Crippen molar-refractivity contribution >= 4 is 38.3 Å². The van der Waals surface area contributed by atoms with E-state index in [0.29, 0.717) is 35.8 Å². The van der Waals surface area contributed by atoms with E-state index in [-0.39, 0.29) is 48.8 Å². The Morgan fingerprint density at radius 1 is 0.806 bits per heavy atom. The van der Waals surface area contributed by atoms with Crippen LogP contribution in [-0.4, -0.2) is 72.5 Å². The summed E-state index contributed by atoms with van der Waals surface area (Å²) in [5.41, 5.74) is 4.03. The molecule has 1 amide bonds. The van der Waals surface area contributed by atoms with Crippen LogP contribution in [0.15, 0.2) is 83.7 Å². The van der Waals surface area contributed by atoms with Gasteiger partial charge in [0.1, 0.15) is 12.0 Å². The van der Waals surface area contributed by atoms with Gasteiger partial charge in [-0.1, -0.05) is 126 Å². The summed E-state index contributed by atoms with van der Waals surface area (Å²) >= 11 is 0. The summed E-state index contributed by atoms with van der Waals surface area (Å²) in [4.78, 5) is 39.2. The smallest absolute Gasteiger partial charge is 0.351 e. The highest BCUT2D eigenvalue weighted by Crippen LogP contribution is 2.34. The number of nitrogens with zero attached hydrogens (tertiary/aromatic N) is 4. The number of fused-ring (bicyclic) bond motifs is 1. The largest absolute Gasteiger partial charge is 0.467 e. The summed E-state index contributed by atoms with van der Waals surface area (Å²) in [5.74, 6) is 1.39. The van der Waals surface area contributed by atoms with Crippen molar-refractivity contribution in [1.82, 2.24) is 19.9 Å². The molecule has 2 fully saturated rings. The number of nitrogens with one attached hydrogen (secondary N) is 2. The van der Waals surface area contributed by atoms with Crippen LogP contribution in [0.5, 0.6) is 5.75 Å². The second kappa shape index (κ2) is 22.4. The number of rotatable bonds is 22. The number of hydrogen-bond donors (Lipinski definition) is 2. The average molecular weight is 865 g/mol. The number of unbranched alkanes of at least 4 members (excludes halogenated alkanes) is 9. The average Bonchev–Trinajstić information content (AvgIpc) is 3.69. The Morgan fingerprint density at radius 3 is 2.19 bits per heavy atom. The van der Waals surface area contributed by atoms with Crippen LogP contribution < -0.4 is 26.0 Å². The molecule has 1 saturated heterocycles. The summed E-state index contributed by atoms with van der Waals surface area (Å²) in [6.45, 7) is 3.48. The van der Waals surface area contributed by atoms with E-state index in [0.717, 1.165) is 67.5 Å². The quantitative estimate of drug-likeness (QED) is 0.0580. The zero-order valence-electron chi connectivity index (χ0n) is 36.4. The van der Waals surface area contributed by atoms with Crippen molar-refractivity contribution < 1.29 is 22.7 Å². The van der Waals surface area contributed by atoms with Crippen molar-refractivity contribution in [3.8, 4) is 17.1 Å². The lowest BCUT2D eigenvalue weighted by atomic mass is 9.94. The van der Waals surface area contributed by atoms with Gasteiger partial charge in [-0.25, -0.2) is 18.2 Å². The van der Waals surface area contributed by atoms with E-state index in [1.54, 1.807) is 0 Å². The summed E-state index contributed by atoms with van der Waals surface area (Å²) < 4.78 is 37.7. The molecular weight excluding hydrogens is 801 g/mol. The highest BCUT2D eigenvalue weighted by molar-refractivity contribution is 7.91. The Morgan fingerprint density at radius 2 is 1.48 bits per heavy atom. The third-order valence-corrected chi connectivity index (χ3v) is 13.9. The fourth-order valence-electron chi connectivity index (χ4n) is 8.74. The van der Waals surface area contributed by atoms with E-state index in [9.17, 15) is 18.0 Å². The van der Waals surface area contributed by atoms with Gasteiger partial charge in [0.25, 0.3) is 5.91 Å². The summed E-state index contributed by atoms with van der Waals surface area (Å²) in [7, 11) is -2.96. The first kappa shape index (κ1) is 45.0. The second-order valence-electron chi connectivity index (χ2n) is 17.0. The molecule has 7 rings (SSSR count). The van der Waals surface area contributed by atoms with Gasteiger partial charge in [0.2, 0.25) is 0 Å². The van der Waals surface area contributed by atoms with E-state index in [1.807, 2.05) is 78.9 Å². The predicted octanol–water partition coefficient (Wildman–Crippen LogP) is 9.02. The molecule has 0 bridgehead atoms. The van der Waals surface area contributed by atoms with Crippen LogP contribution in [0.25, 0.3) is 22.5 Å². The van der Waals surface area contributed by atoms with E-state index in [2.05, 4.69) is 27.4 Å². The molecule has 13 heteroatoms. The minimum absolute atomic E-state index is 0.0307. The van der Waals surface area contributed by atoms with Gasteiger partial charge in [0.05, 0.1) is 23.6 Å². The number of benzene rings is 3. The first-order chi connectivity index (χ1) is 30.3. The molecule has 0 radical (unpaired) electrons. The maximum absolute atomic E-state index is 14.1. The van der Waals surface area contributed by atoms with Crippen LogP contribution >= 0.6 is 0 Å². The number of carbonyl (C=O) groups excluding carboxylic acids is 1. The van der Waals surface area contributed by atoms with Crippen LogP contribution in [0.4, 0.5) is 11.4 Å². The van der Waals surface area contributed by atoms with Gasteiger partial charge < -0.3 is 25.0 Å². The van der Waals surface area contributed by atoms with Gasteiger partial charge in [-0.2, -0.15) is 4.98 Å². The molecule has 2 aliphatic heterocycles. The molecule has 1 aromatic heterocycles. The Hall–Kier alpha value is -5.01. The lowest BCUT2D eigenvalue weighted by Gasteiger charge is -2.28. The fraction of sp³-hybridized carbons (Fsp3) is 0.510. The first-order valence-electron chi connectivity index (χ1n) is 23.0. The van der Waals surface area contributed by atoms with Crippen molar-refractivity contribution in [2.45, 2.75) is 128 Å². The van der Waals surface area contributed by atoms with E-state index >= 15 is 0 Å². The Balaban J connectivity index is 1.04. The highest BCUT2D eigenvalue weighted by Gasteiger charge is 2.32. The molecule has 1 atom stereocenters. The monoisotopic (exact) mass is 864 g/mol. The zero-order valence-corrected chi connectivity index (χ0v) is 37.2. The predicted molar refractivity (Wildman–Crippen MR) is 248 cm³/mol. The van der Waals surface area contributed by atoms with Crippen molar-refractivity contribution in [1.29, 1.82) is 0 Å². The Labute approximate surface area is 367 Å². The Kier molecular flexibility index (Phi) is 16.2. The maximum Gasteiger partial charge on any atom is 0.351 e. The van der Waals surface area contributed by atoms with Crippen molar-refractivity contribution in [3.63, 3.8) is 0 Å². The van der Waals surface area contributed by atoms with Crippen molar-refractivity contribution in [2.24, 2.45) is 0 Å². The third-order valence-electron chi connectivity index (χ3n) is 12.3. The molecule has 3 heterocycles. The molecule has 12 nitrogen and oxygen atoms in total. The number of amides is 1. The molecule has 332 valence electrons. The Bertz CT molecular complexity index is 2260. The summed E-state index contributed by atoms with van der Waals surface area (Å²) in [5, 5.41) is 6.83.